The summed E-state index contributed by atoms with van der Waals surface area (Å²) in [5.74, 6) is -0.369. The number of nitrogens with one attached hydrogen (secondary N) is 1. The van der Waals surface area contributed by atoms with Gasteiger partial charge in [-0.15, -0.1) is 0 Å². The van der Waals surface area contributed by atoms with Gasteiger partial charge in [0.2, 0.25) is 0 Å². The zero-order valence-corrected chi connectivity index (χ0v) is 11.8. The Hall–Kier alpha value is -0.980. The third-order valence-electron chi connectivity index (χ3n) is 1.90. The lowest BCUT2D eigenvalue weighted by molar-refractivity contribution is -0.123. The van der Waals surface area contributed by atoms with Gasteiger partial charge in [-0.1, -0.05) is 11.6 Å². The van der Waals surface area contributed by atoms with Crippen molar-refractivity contribution in [3.05, 3.63) is 23.2 Å². The Bertz CT molecular complexity index is 545. The zero-order valence-electron chi connectivity index (χ0n) is 9.44. The smallest absolute Gasteiger partial charge is 0.265 e. The molecule has 1 amide bonds. The lowest BCUT2D eigenvalue weighted by atomic mass is 10.3. The van der Waals surface area contributed by atoms with E-state index >= 15 is 0 Å². The number of ether oxygens (including phenoxy) is 1. The molecule has 18 heavy (non-hydrogen) atoms. The molecule has 1 N–H and O–H groups in total. The fourth-order valence-electron chi connectivity index (χ4n) is 1.18. The van der Waals surface area contributed by atoms with E-state index in [9.17, 15) is 13.2 Å². The minimum Gasteiger partial charge on any atom is -0.482 e. The van der Waals surface area contributed by atoms with Crippen LogP contribution in [0.15, 0.2) is 23.1 Å². The van der Waals surface area contributed by atoms with Crippen LogP contribution in [0.4, 0.5) is 0 Å². The molecule has 0 bridgehead atoms. The molecule has 0 aliphatic heterocycles. The highest BCUT2D eigenvalue weighted by Crippen LogP contribution is 2.29. The van der Waals surface area contributed by atoms with Gasteiger partial charge < -0.3 is 10.1 Å². The van der Waals surface area contributed by atoms with Crippen LogP contribution in [0, 0.1) is 0 Å². The summed E-state index contributed by atoms with van der Waals surface area (Å²) in [6.07, 6.45) is 0. The molecule has 0 aromatic heterocycles. The van der Waals surface area contributed by atoms with Crippen LogP contribution in [-0.2, 0) is 13.8 Å². The second-order valence-corrected chi connectivity index (χ2v) is 6.24. The molecule has 0 atom stereocenters. The molecule has 0 heterocycles. The van der Waals surface area contributed by atoms with Crippen molar-refractivity contribution in [1.82, 2.24) is 5.32 Å². The first kappa shape index (κ1) is 15.1. The summed E-state index contributed by atoms with van der Waals surface area (Å²) in [5.41, 5.74) is 0. The predicted octanol–water partition coefficient (Wildman–Crippen LogP) is 1.78. The Labute approximate surface area is 114 Å². The summed E-state index contributed by atoms with van der Waals surface area (Å²) in [4.78, 5) is 10.9. The molecular weight excluding hydrogens is 301 g/mol. The van der Waals surface area contributed by atoms with Gasteiger partial charge in [-0.2, -0.15) is 0 Å². The lowest BCUT2D eigenvalue weighted by Crippen LogP contribution is -2.28. The SMILES string of the molecule is CCNC(=O)COc1ccc(Cl)cc1S(=O)(=O)Cl. The van der Waals surface area contributed by atoms with E-state index in [1.54, 1.807) is 6.92 Å². The van der Waals surface area contributed by atoms with Gasteiger partial charge >= 0.3 is 0 Å². The van der Waals surface area contributed by atoms with Gasteiger partial charge in [-0.25, -0.2) is 8.42 Å². The summed E-state index contributed by atoms with van der Waals surface area (Å²) < 4.78 is 27.7. The summed E-state index contributed by atoms with van der Waals surface area (Å²) in [6.45, 7) is 1.92. The minimum absolute atomic E-state index is 0.0133. The standard InChI is InChI=1S/C10H11Cl2NO4S/c1-2-13-10(14)6-17-8-4-3-7(11)5-9(8)18(12,15)16/h3-5H,2,6H2,1H3,(H,13,14). The van der Waals surface area contributed by atoms with Crippen molar-refractivity contribution in [2.45, 2.75) is 11.8 Å². The fourth-order valence-corrected chi connectivity index (χ4v) is 2.42. The topological polar surface area (TPSA) is 72.5 Å². The molecule has 1 rings (SSSR count). The number of carbonyl (C=O) groups excluding carboxylic acids is 1. The van der Waals surface area contributed by atoms with Gasteiger partial charge in [0.15, 0.2) is 6.61 Å². The largest absolute Gasteiger partial charge is 0.482 e. The Morgan fingerprint density at radius 3 is 2.67 bits per heavy atom. The predicted molar refractivity (Wildman–Crippen MR) is 68.7 cm³/mol. The number of carbonyl (C=O) groups is 1. The van der Waals surface area contributed by atoms with E-state index in [0.717, 1.165) is 6.07 Å². The number of hydrogen-bond donors (Lipinski definition) is 1. The van der Waals surface area contributed by atoms with Gasteiger partial charge in [0.25, 0.3) is 15.0 Å². The van der Waals surface area contributed by atoms with Crippen LogP contribution in [0.3, 0.4) is 0 Å². The van der Waals surface area contributed by atoms with Crippen molar-refractivity contribution >= 4 is 37.2 Å². The van der Waals surface area contributed by atoms with Crippen LogP contribution >= 0.6 is 22.3 Å². The highest BCUT2D eigenvalue weighted by atomic mass is 35.7. The number of amides is 1. The number of benzene rings is 1. The van der Waals surface area contributed by atoms with E-state index in [-0.39, 0.29) is 28.2 Å². The molecule has 0 unspecified atom stereocenters. The summed E-state index contributed by atoms with van der Waals surface area (Å²) >= 11 is 5.68. The Morgan fingerprint density at radius 1 is 1.44 bits per heavy atom. The van der Waals surface area contributed by atoms with Crippen LogP contribution in [0.1, 0.15) is 6.92 Å². The van der Waals surface area contributed by atoms with Crippen LogP contribution < -0.4 is 10.1 Å². The van der Waals surface area contributed by atoms with Crippen LogP contribution in [0.25, 0.3) is 0 Å². The molecule has 100 valence electrons. The normalized spacial score (nSPS) is 11.1. The monoisotopic (exact) mass is 311 g/mol. The summed E-state index contributed by atoms with van der Waals surface area (Å²) in [6, 6.07) is 3.95. The Kier molecular flexibility index (Phi) is 5.25. The molecule has 0 radical (unpaired) electrons. The van der Waals surface area contributed by atoms with Crippen LogP contribution in [0.2, 0.25) is 5.02 Å². The quantitative estimate of drug-likeness (QED) is 0.841. The van der Waals surface area contributed by atoms with E-state index in [2.05, 4.69) is 5.32 Å². The van der Waals surface area contributed by atoms with Crippen molar-refractivity contribution in [2.24, 2.45) is 0 Å². The van der Waals surface area contributed by atoms with Crippen molar-refractivity contribution in [1.29, 1.82) is 0 Å². The van der Waals surface area contributed by atoms with E-state index in [1.165, 1.54) is 12.1 Å². The second-order valence-electron chi connectivity index (χ2n) is 3.27. The number of hydrogen-bond acceptors (Lipinski definition) is 4. The van der Waals surface area contributed by atoms with Crippen molar-refractivity contribution < 1.29 is 17.9 Å². The van der Waals surface area contributed by atoms with E-state index < -0.39 is 9.05 Å². The van der Waals surface area contributed by atoms with Gasteiger partial charge in [0.1, 0.15) is 10.6 Å². The molecule has 1 aromatic carbocycles. The molecule has 5 nitrogen and oxygen atoms in total. The van der Waals surface area contributed by atoms with Gasteiger partial charge in [0.05, 0.1) is 0 Å². The van der Waals surface area contributed by atoms with E-state index in [0.29, 0.717) is 6.54 Å². The Balaban J connectivity index is 2.93. The van der Waals surface area contributed by atoms with Crippen LogP contribution in [-0.4, -0.2) is 27.5 Å². The second kappa shape index (κ2) is 6.26. The first-order valence-electron chi connectivity index (χ1n) is 4.98. The van der Waals surface area contributed by atoms with Crippen molar-refractivity contribution in [2.75, 3.05) is 13.2 Å². The molecule has 0 saturated carbocycles. The molecule has 0 aliphatic carbocycles. The van der Waals surface area contributed by atoms with E-state index in [1.807, 2.05) is 0 Å². The molecule has 0 spiro atoms. The molecule has 8 heteroatoms. The van der Waals surface area contributed by atoms with Crippen molar-refractivity contribution in [3.63, 3.8) is 0 Å². The third kappa shape index (κ3) is 4.36. The molecule has 1 aromatic rings. The van der Waals surface area contributed by atoms with E-state index in [4.69, 9.17) is 27.0 Å². The average Bonchev–Trinajstić information content (AvgIpc) is 2.26. The zero-order chi connectivity index (χ0) is 13.8. The van der Waals surface area contributed by atoms with Gasteiger partial charge in [-0.3, -0.25) is 4.79 Å². The first-order valence-corrected chi connectivity index (χ1v) is 7.67. The maximum atomic E-state index is 11.3. The average molecular weight is 312 g/mol. The number of likely N-dealkylation sites (N-methyl/N-ethyl adjacent to an activating group) is 1. The summed E-state index contributed by atoms with van der Waals surface area (Å²) in [7, 11) is 1.26. The molecule has 0 saturated heterocycles. The lowest BCUT2D eigenvalue weighted by Gasteiger charge is -2.09. The van der Waals surface area contributed by atoms with Crippen LogP contribution in [0.5, 0.6) is 5.75 Å². The molecule has 0 aliphatic rings. The highest BCUT2D eigenvalue weighted by Gasteiger charge is 2.18. The van der Waals surface area contributed by atoms with Gasteiger partial charge in [0, 0.05) is 22.2 Å². The number of halogens is 2. The maximum absolute atomic E-state index is 11.3. The minimum atomic E-state index is -3.99. The fraction of sp³-hybridized carbons (Fsp3) is 0.300. The van der Waals surface area contributed by atoms with Gasteiger partial charge in [-0.05, 0) is 25.1 Å². The van der Waals surface area contributed by atoms with Crippen molar-refractivity contribution in [3.8, 4) is 5.75 Å². The first-order chi connectivity index (χ1) is 8.34. The molecule has 0 fully saturated rings. The maximum Gasteiger partial charge on any atom is 0.265 e. The highest BCUT2D eigenvalue weighted by molar-refractivity contribution is 8.13. The Morgan fingerprint density at radius 2 is 2.11 bits per heavy atom. The molecular formula is C10H11Cl2NO4S. The summed E-state index contributed by atoms with van der Waals surface area (Å²) in [5, 5.41) is 2.72. The number of rotatable bonds is 5. The third-order valence-corrected chi connectivity index (χ3v) is 3.48.